The Balaban J connectivity index is 0.00000242. The van der Waals surface area contributed by atoms with Crippen molar-refractivity contribution in [1.82, 2.24) is 4.90 Å². The maximum atomic E-state index is 10.1. The van der Waals surface area contributed by atoms with Gasteiger partial charge in [0.1, 0.15) is 18.5 Å². The molecule has 1 aromatic rings. The Hall–Kier alpha value is 0.150. The van der Waals surface area contributed by atoms with Crippen LogP contribution in [0.5, 0.6) is 5.75 Å². The molecule has 0 radical (unpaired) electrons. The second kappa shape index (κ2) is 9.45. The normalized spacial score (nSPS) is 23.7. The molecule has 0 bridgehead atoms. The lowest BCUT2D eigenvalue weighted by Gasteiger charge is -2.36. The van der Waals surface area contributed by atoms with Crippen LogP contribution < -0.4 is 4.74 Å². The van der Waals surface area contributed by atoms with E-state index in [0.29, 0.717) is 6.54 Å². The van der Waals surface area contributed by atoms with Crippen molar-refractivity contribution in [1.29, 1.82) is 0 Å². The van der Waals surface area contributed by atoms with E-state index in [9.17, 15) is 5.11 Å². The second-order valence-electron chi connectivity index (χ2n) is 5.52. The molecule has 22 heavy (non-hydrogen) atoms. The summed E-state index contributed by atoms with van der Waals surface area (Å²) in [4.78, 5) is 2.23. The largest absolute Gasteiger partial charge is 0.490 e. The lowest BCUT2D eigenvalue weighted by Crippen LogP contribution is -2.48. The van der Waals surface area contributed by atoms with Crippen molar-refractivity contribution in [2.75, 3.05) is 26.2 Å². The second-order valence-corrected chi connectivity index (χ2v) is 7.29. The summed E-state index contributed by atoms with van der Waals surface area (Å²) in [6, 6.07) is 5.71. The van der Waals surface area contributed by atoms with Gasteiger partial charge in [0.2, 0.25) is 0 Å². The minimum Gasteiger partial charge on any atom is -0.490 e. The van der Waals surface area contributed by atoms with Crippen LogP contribution in [0.2, 0.25) is 0 Å². The van der Waals surface area contributed by atoms with Gasteiger partial charge in [-0.2, -0.15) is 0 Å². The lowest BCUT2D eigenvalue weighted by atomic mass is 10.2. The molecule has 0 aliphatic carbocycles. The van der Waals surface area contributed by atoms with Crippen LogP contribution in [-0.2, 0) is 4.74 Å². The fourth-order valence-electron chi connectivity index (χ4n) is 2.56. The van der Waals surface area contributed by atoms with E-state index in [1.807, 2.05) is 18.2 Å². The molecule has 0 amide bonds. The molecule has 0 aromatic heterocycles. The Labute approximate surface area is 154 Å². The van der Waals surface area contributed by atoms with Crippen LogP contribution in [-0.4, -0.2) is 54.6 Å². The first-order chi connectivity index (χ1) is 9.94. The molecular weight excluding hydrogens is 437 g/mol. The SMILES string of the molecule is CC1CN(CC(O)COc2ccc(Br)cc2Br)CC(C)O1.Cl. The van der Waals surface area contributed by atoms with E-state index < -0.39 is 6.10 Å². The van der Waals surface area contributed by atoms with Crippen molar-refractivity contribution < 1.29 is 14.6 Å². The van der Waals surface area contributed by atoms with E-state index in [1.54, 1.807) is 0 Å². The van der Waals surface area contributed by atoms with Crippen molar-refractivity contribution in [2.45, 2.75) is 32.2 Å². The lowest BCUT2D eigenvalue weighted by molar-refractivity contribution is -0.0787. The van der Waals surface area contributed by atoms with Crippen LogP contribution in [0.3, 0.4) is 0 Å². The van der Waals surface area contributed by atoms with Crippen molar-refractivity contribution in [2.24, 2.45) is 0 Å². The average Bonchev–Trinajstić information content (AvgIpc) is 2.36. The van der Waals surface area contributed by atoms with Gasteiger partial charge >= 0.3 is 0 Å². The van der Waals surface area contributed by atoms with Gasteiger partial charge in [0.15, 0.2) is 0 Å². The van der Waals surface area contributed by atoms with Gasteiger partial charge in [-0.15, -0.1) is 12.4 Å². The molecule has 1 saturated heterocycles. The molecule has 126 valence electrons. The molecule has 3 atom stereocenters. The van der Waals surface area contributed by atoms with Crippen molar-refractivity contribution >= 4 is 44.3 Å². The molecule has 2 rings (SSSR count). The standard InChI is InChI=1S/C15H21Br2NO3.ClH/c1-10-6-18(7-11(2)21-10)8-13(19)9-20-15-4-3-12(16)5-14(15)17;/h3-5,10-11,13,19H,6-9H2,1-2H3;1H. The predicted octanol–water partition coefficient (Wildman–Crippen LogP) is 3.48. The van der Waals surface area contributed by atoms with Crippen molar-refractivity contribution in [3.05, 3.63) is 27.1 Å². The van der Waals surface area contributed by atoms with E-state index in [0.717, 1.165) is 27.8 Å². The van der Waals surface area contributed by atoms with E-state index in [1.165, 1.54) is 0 Å². The maximum absolute atomic E-state index is 10.1. The maximum Gasteiger partial charge on any atom is 0.133 e. The zero-order valence-corrected chi connectivity index (χ0v) is 16.7. The molecule has 1 heterocycles. The van der Waals surface area contributed by atoms with Gasteiger partial charge in [-0.3, -0.25) is 4.90 Å². The Morgan fingerprint density at radius 2 is 1.95 bits per heavy atom. The van der Waals surface area contributed by atoms with Crippen LogP contribution >= 0.6 is 44.3 Å². The highest BCUT2D eigenvalue weighted by molar-refractivity contribution is 9.11. The van der Waals surface area contributed by atoms with Crippen molar-refractivity contribution in [3.63, 3.8) is 0 Å². The number of morpholine rings is 1. The number of halogens is 3. The highest BCUT2D eigenvalue weighted by Crippen LogP contribution is 2.28. The highest BCUT2D eigenvalue weighted by Gasteiger charge is 2.24. The summed E-state index contributed by atoms with van der Waals surface area (Å²) in [6.45, 7) is 6.70. The third-order valence-electron chi connectivity index (χ3n) is 3.29. The van der Waals surface area contributed by atoms with Gasteiger partial charge in [0, 0.05) is 24.1 Å². The van der Waals surface area contributed by atoms with Gasteiger partial charge < -0.3 is 14.6 Å². The topological polar surface area (TPSA) is 41.9 Å². The fraction of sp³-hybridized carbons (Fsp3) is 0.600. The first kappa shape index (κ1) is 20.2. The fourth-order valence-corrected chi connectivity index (χ4v) is 3.72. The van der Waals surface area contributed by atoms with Gasteiger partial charge in [-0.25, -0.2) is 0 Å². The number of ether oxygens (including phenoxy) is 2. The number of aliphatic hydroxyl groups is 1. The molecular formula is C15H22Br2ClNO3. The third kappa shape index (κ3) is 6.34. The summed E-state index contributed by atoms with van der Waals surface area (Å²) in [5, 5.41) is 10.1. The summed E-state index contributed by atoms with van der Waals surface area (Å²) in [5.41, 5.74) is 0. The summed E-state index contributed by atoms with van der Waals surface area (Å²) < 4.78 is 13.2. The number of benzene rings is 1. The zero-order valence-electron chi connectivity index (χ0n) is 12.7. The number of nitrogens with zero attached hydrogens (tertiary/aromatic N) is 1. The van der Waals surface area contributed by atoms with Crippen LogP contribution in [0.1, 0.15) is 13.8 Å². The van der Waals surface area contributed by atoms with E-state index in [4.69, 9.17) is 9.47 Å². The molecule has 4 nitrogen and oxygen atoms in total. The first-order valence-electron chi connectivity index (χ1n) is 7.07. The van der Waals surface area contributed by atoms with Gasteiger partial charge in [0.05, 0.1) is 16.7 Å². The number of β-amino-alcohol motifs (C(OH)–C–C–N with tert-alkyl or cyclic N) is 1. The zero-order chi connectivity index (χ0) is 15.4. The molecule has 1 N–H and O–H groups in total. The molecule has 3 unspecified atom stereocenters. The average molecular weight is 460 g/mol. The summed E-state index contributed by atoms with van der Waals surface area (Å²) in [6.07, 6.45) is -0.0944. The molecule has 0 saturated carbocycles. The molecule has 7 heteroatoms. The molecule has 1 aliphatic heterocycles. The molecule has 1 aliphatic rings. The van der Waals surface area contributed by atoms with Gasteiger partial charge in [0.25, 0.3) is 0 Å². The van der Waals surface area contributed by atoms with Gasteiger partial charge in [-0.05, 0) is 48.0 Å². The third-order valence-corrected chi connectivity index (χ3v) is 4.40. The van der Waals surface area contributed by atoms with E-state index in [-0.39, 0.29) is 31.2 Å². The number of aliphatic hydroxyl groups excluding tert-OH is 1. The van der Waals surface area contributed by atoms with E-state index >= 15 is 0 Å². The number of rotatable bonds is 5. The minimum absolute atomic E-state index is 0. The van der Waals surface area contributed by atoms with E-state index in [2.05, 4.69) is 50.6 Å². The van der Waals surface area contributed by atoms with Crippen molar-refractivity contribution in [3.8, 4) is 5.75 Å². The summed E-state index contributed by atoms with van der Waals surface area (Å²) in [7, 11) is 0. The smallest absolute Gasteiger partial charge is 0.133 e. The van der Waals surface area contributed by atoms with Crippen LogP contribution in [0.15, 0.2) is 27.1 Å². The van der Waals surface area contributed by atoms with Crippen LogP contribution in [0.25, 0.3) is 0 Å². The Morgan fingerprint density at radius 1 is 1.32 bits per heavy atom. The monoisotopic (exact) mass is 457 g/mol. The number of hydrogen-bond acceptors (Lipinski definition) is 4. The minimum atomic E-state index is -0.516. The quantitative estimate of drug-likeness (QED) is 0.732. The highest BCUT2D eigenvalue weighted by atomic mass is 79.9. The molecule has 0 spiro atoms. The Morgan fingerprint density at radius 3 is 2.55 bits per heavy atom. The summed E-state index contributed by atoms with van der Waals surface area (Å²) in [5.74, 6) is 0.737. The van der Waals surface area contributed by atoms with Gasteiger partial charge in [-0.1, -0.05) is 15.9 Å². The first-order valence-corrected chi connectivity index (χ1v) is 8.66. The molecule has 1 aromatic carbocycles. The Kier molecular flexibility index (Phi) is 8.67. The molecule has 1 fully saturated rings. The Bertz CT molecular complexity index is 468. The summed E-state index contributed by atoms with van der Waals surface area (Å²) >= 11 is 6.85. The van der Waals surface area contributed by atoms with Crippen LogP contribution in [0.4, 0.5) is 0 Å². The predicted molar refractivity (Wildman–Crippen MR) is 97.0 cm³/mol. The van der Waals surface area contributed by atoms with Crippen LogP contribution in [0, 0.1) is 0 Å². The number of hydrogen-bond donors (Lipinski definition) is 1.